The van der Waals surface area contributed by atoms with Crippen molar-refractivity contribution < 1.29 is 18.7 Å². The van der Waals surface area contributed by atoms with E-state index in [1.54, 1.807) is 18.2 Å². The van der Waals surface area contributed by atoms with E-state index in [9.17, 15) is 9.59 Å². The first-order valence-electron chi connectivity index (χ1n) is 6.14. The number of ketones is 1. The predicted octanol–water partition coefficient (Wildman–Crippen LogP) is 0.850. The Morgan fingerprint density at radius 3 is 2.95 bits per heavy atom. The number of aromatic nitrogens is 1. The van der Waals surface area contributed by atoms with Crippen LogP contribution in [0.15, 0.2) is 33.5 Å². The smallest absolute Gasteiger partial charge is 0.408 e. The highest BCUT2D eigenvalue weighted by Gasteiger charge is 2.45. The summed E-state index contributed by atoms with van der Waals surface area (Å²) in [6, 6.07) is 6.79. The predicted molar refractivity (Wildman–Crippen MR) is 63.7 cm³/mol. The second-order valence-corrected chi connectivity index (χ2v) is 4.78. The summed E-state index contributed by atoms with van der Waals surface area (Å²) in [5.74, 6) is -0.594. The van der Waals surface area contributed by atoms with Crippen LogP contribution >= 0.6 is 0 Å². The summed E-state index contributed by atoms with van der Waals surface area (Å²) < 4.78 is 17.4. The minimum absolute atomic E-state index is 0.129. The van der Waals surface area contributed by atoms with Crippen LogP contribution in [0.1, 0.15) is 12.5 Å². The highest BCUT2D eigenvalue weighted by atomic mass is 16.7. The van der Waals surface area contributed by atoms with Gasteiger partial charge in [-0.3, -0.25) is 9.36 Å². The molecule has 2 fully saturated rings. The first-order valence-corrected chi connectivity index (χ1v) is 6.14. The number of benzene rings is 1. The van der Waals surface area contributed by atoms with E-state index in [0.29, 0.717) is 17.7 Å². The molecule has 2 bridgehead atoms. The Balaban J connectivity index is 1.88. The second kappa shape index (κ2) is 3.79. The Labute approximate surface area is 107 Å². The van der Waals surface area contributed by atoms with Crippen LogP contribution in [0.3, 0.4) is 0 Å². The lowest BCUT2D eigenvalue weighted by atomic mass is 10.0. The minimum Gasteiger partial charge on any atom is -0.408 e. The van der Waals surface area contributed by atoms with Crippen LogP contribution in [0.25, 0.3) is 11.1 Å². The Morgan fingerprint density at radius 2 is 2.05 bits per heavy atom. The fraction of sp³-hybridized carbons (Fsp3) is 0.385. The number of Topliss-reactive ketones (excluding diaryl/α,β-unsaturated/α-hetero) is 1. The van der Waals surface area contributed by atoms with Crippen LogP contribution in [0.4, 0.5) is 0 Å². The van der Waals surface area contributed by atoms with E-state index in [0.717, 1.165) is 0 Å². The van der Waals surface area contributed by atoms with Crippen molar-refractivity contribution >= 4 is 16.9 Å². The molecular formula is C13H11NO5. The minimum atomic E-state index is -0.755. The van der Waals surface area contributed by atoms with Gasteiger partial charge in [-0.1, -0.05) is 12.1 Å². The molecule has 0 saturated carbocycles. The topological polar surface area (TPSA) is 70.7 Å². The Bertz CT molecular complexity index is 715. The van der Waals surface area contributed by atoms with E-state index >= 15 is 0 Å². The zero-order valence-corrected chi connectivity index (χ0v) is 9.94. The van der Waals surface area contributed by atoms with Crippen molar-refractivity contribution in [3.63, 3.8) is 0 Å². The van der Waals surface area contributed by atoms with E-state index in [1.807, 2.05) is 6.07 Å². The van der Waals surface area contributed by atoms with Gasteiger partial charge >= 0.3 is 5.76 Å². The molecule has 3 atom stereocenters. The molecule has 3 heterocycles. The molecule has 0 spiro atoms. The van der Waals surface area contributed by atoms with Crippen LogP contribution in [-0.2, 0) is 14.3 Å². The fourth-order valence-electron chi connectivity index (χ4n) is 2.78. The zero-order valence-electron chi connectivity index (χ0n) is 9.94. The lowest BCUT2D eigenvalue weighted by molar-refractivity contribution is -0.156. The molecule has 2 saturated heterocycles. The summed E-state index contributed by atoms with van der Waals surface area (Å²) >= 11 is 0. The molecule has 0 radical (unpaired) electrons. The van der Waals surface area contributed by atoms with Crippen LogP contribution in [0.5, 0.6) is 0 Å². The molecule has 0 unspecified atom stereocenters. The van der Waals surface area contributed by atoms with E-state index in [4.69, 9.17) is 13.9 Å². The summed E-state index contributed by atoms with van der Waals surface area (Å²) in [5.41, 5.74) is 1.19. The standard InChI is InChI=1S/C13H11NO5/c15-9-5-8(11-6-17-12(9)18-11)14-7-3-1-2-4-10(7)19-13(14)16/h1-4,8,11-12H,5-6H2/t8-,11-,12-/m1/s1. The highest BCUT2D eigenvalue weighted by molar-refractivity contribution is 5.84. The number of para-hydroxylation sites is 2. The van der Waals surface area contributed by atoms with E-state index in [2.05, 4.69) is 0 Å². The maximum atomic E-state index is 12.0. The number of carbonyl (C=O) groups is 1. The maximum Gasteiger partial charge on any atom is 0.420 e. The number of ether oxygens (including phenoxy) is 2. The monoisotopic (exact) mass is 261 g/mol. The van der Waals surface area contributed by atoms with Crippen molar-refractivity contribution in [3.8, 4) is 0 Å². The van der Waals surface area contributed by atoms with Crippen molar-refractivity contribution in [3.05, 3.63) is 34.8 Å². The van der Waals surface area contributed by atoms with Crippen LogP contribution < -0.4 is 5.76 Å². The fourth-order valence-corrected chi connectivity index (χ4v) is 2.78. The highest BCUT2D eigenvalue weighted by Crippen LogP contribution is 2.33. The molecule has 2 aliphatic heterocycles. The quantitative estimate of drug-likeness (QED) is 0.761. The third kappa shape index (κ3) is 1.50. The molecule has 19 heavy (non-hydrogen) atoms. The molecule has 2 aliphatic rings. The molecule has 1 aromatic heterocycles. The van der Waals surface area contributed by atoms with Gasteiger partial charge in [0.15, 0.2) is 11.4 Å². The van der Waals surface area contributed by atoms with Gasteiger partial charge in [0, 0.05) is 6.42 Å². The van der Waals surface area contributed by atoms with Gasteiger partial charge in [-0.25, -0.2) is 4.79 Å². The molecule has 4 rings (SSSR count). The summed E-state index contributed by atoms with van der Waals surface area (Å²) in [5, 5.41) is 0. The lowest BCUT2D eigenvalue weighted by Crippen LogP contribution is -2.39. The van der Waals surface area contributed by atoms with Gasteiger partial charge in [-0.2, -0.15) is 0 Å². The number of rotatable bonds is 1. The number of carbonyl (C=O) groups excluding carboxylic acids is 1. The number of hydrogen-bond acceptors (Lipinski definition) is 5. The molecule has 1 aromatic carbocycles. The van der Waals surface area contributed by atoms with Crippen molar-refractivity contribution in [2.45, 2.75) is 24.9 Å². The molecule has 98 valence electrons. The van der Waals surface area contributed by atoms with Crippen molar-refractivity contribution in [1.82, 2.24) is 4.57 Å². The van der Waals surface area contributed by atoms with Crippen molar-refractivity contribution in [1.29, 1.82) is 0 Å². The Morgan fingerprint density at radius 1 is 1.21 bits per heavy atom. The molecule has 0 N–H and O–H groups in total. The second-order valence-electron chi connectivity index (χ2n) is 4.78. The maximum absolute atomic E-state index is 12.0. The molecule has 2 aromatic rings. The van der Waals surface area contributed by atoms with Gasteiger partial charge in [-0.15, -0.1) is 0 Å². The molecule has 6 nitrogen and oxygen atoms in total. The summed E-state index contributed by atoms with van der Waals surface area (Å²) in [6.07, 6.45) is -0.796. The Hall–Kier alpha value is -1.92. The summed E-state index contributed by atoms with van der Waals surface area (Å²) in [4.78, 5) is 23.8. The Kier molecular flexibility index (Phi) is 2.18. The van der Waals surface area contributed by atoms with Gasteiger partial charge < -0.3 is 13.9 Å². The number of hydrogen-bond donors (Lipinski definition) is 0. The SMILES string of the molecule is O=C1C[C@@H](n2c(=O)oc3ccccc32)[C@H]2CO[C@@H]1O2. The summed E-state index contributed by atoms with van der Waals surface area (Å²) in [6.45, 7) is 0.326. The molecule has 0 aliphatic carbocycles. The van der Waals surface area contributed by atoms with Crippen molar-refractivity contribution in [2.24, 2.45) is 0 Å². The van der Waals surface area contributed by atoms with Gasteiger partial charge in [-0.05, 0) is 12.1 Å². The van der Waals surface area contributed by atoms with E-state index in [-0.39, 0.29) is 24.3 Å². The van der Waals surface area contributed by atoms with E-state index < -0.39 is 12.0 Å². The van der Waals surface area contributed by atoms with Gasteiger partial charge in [0.1, 0.15) is 6.10 Å². The molecule has 0 amide bonds. The van der Waals surface area contributed by atoms with Gasteiger partial charge in [0.05, 0.1) is 18.2 Å². The zero-order chi connectivity index (χ0) is 13.0. The normalized spacial score (nSPS) is 30.1. The number of nitrogens with zero attached hydrogens (tertiary/aromatic N) is 1. The average molecular weight is 261 g/mol. The number of oxazole rings is 1. The van der Waals surface area contributed by atoms with Crippen LogP contribution in [0, 0.1) is 0 Å². The largest absolute Gasteiger partial charge is 0.420 e. The van der Waals surface area contributed by atoms with E-state index in [1.165, 1.54) is 4.57 Å². The lowest BCUT2D eigenvalue weighted by Gasteiger charge is -2.26. The average Bonchev–Trinajstić information content (AvgIpc) is 2.96. The molecule has 6 heteroatoms. The third-order valence-corrected chi connectivity index (χ3v) is 3.66. The van der Waals surface area contributed by atoms with Crippen molar-refractivity contribution in [2.75, 3.05) is 6.61 Å². The first-order chi connectivity index (χ1) is 9.24. The van der Waals surface area contributed by atoms with Crippen LogP contribution in [-0.4, -0.2) is 29.4 Å². The third-order valence-electron chi connectivity index (χ3n) is 3.66. The van der Waals surface area contributed by atoms with Gasteiger partial charge in [0.2, 0.25) is 6.29 Å². The molecular weight excluding hydrogens is 250 g/mol. The first kappa shape index (κ1) is 11.0. The summed E-state index contributed by atoms with van der Waals surface area (Å²) in [7, 11) is 0. The number of fused-ring (bicyclic) bond motifs is 3. The van der Waals surface area contributed by atoms with Gasteiger partial charge in [0.25, 0.3) is 0 Å². The van der Waals surface area contributed by atoms with Crippen LogP contribution in [0.2, 0.25) is 0 Å².